The zero-order valence-electron chi connectivity index (χ0n) is 15.5. The third-order valence-corrected chi connectivity index (χ3v) is 5.08. The molecule has 0 radical (unpaired) electrons. The Morgan fingerprint density at radius 1 is 1.15 bits per heavy atom. The average Bonchev–Trinajstić information content (AvgIpc) is 2.64. The summed E-state index contributed by atoms with van der Waals surface area (Å²) in [4.78, 5) is 15.8. The maximum absolute atomic E-state index is 13.9. The number of nitrogens with zero attached hydrogens (tertiary/aromatic N) is 1. The number of halogens is 1. The molecule has 5 heteroatoms. The van der Waals surface area contributed by atoms with Crippen LogP contribution in [0.25, 0.3) is 0 Å². The van der Waals surface area contributed by atoms with Crippen LogP contribution in [-0.2, 0) is 11.2 Å². The highest BCUT2D eigenvalue weighted by molar-refractivity contribution is 5.93. The van der Waals surface area contributed by atoms with E-state index in [0.29, 0.717) is 12.2 Å². The Labute approximate surface area is 154 Å². The SMILES string of the molecule is CCc1cccc(C)c1NC(=O)C[NH+]1CCN(c2ccccc2F)CC1. The molecule has 1 heterocycles. The Bertz CT molecular complexity index is 770. The van der Waals surface area contributed by atoms with Crippen molar-refractivity contribution in [2.45, 2.75) is 20.3 Å². The molecule has 26 heavy (non-hydrogen) atoms. The van der Waals surface area contributed by atoms with Crippen LogP contribution in [0, 0.1) is 12.7 Å². The van der Waals surface area contributed by atoms with Crippen LogP contribution in [-0.4, -0.2) is 38.6 Å². The monoisotopic (exact) mass is 356 g/mol. The Morgan fingerprint density at radius 3 is 2.58 bits per heavy atom. The molecule has 1 aliphatic rings. The van der Waals surface area contributed by atoms with E-state index in [-0.39, 0.29) is 11.7 Å². The normalized spacial score (nSPS) is 15.1. The Kier molecular flexibility index (Phi) is 5.89. The van der Waals surface area contributed by atoms with Gasteiger partial charge < -0.3 is 15.1 Å². The van der Waals surface area contributed by atoms with Gasteiger partial charge in [0.1, 0.15) is 5.82 Å². The van der Waals surface area contributed by atoms with Crippen molar-refractivity contribution in [3.63, 3.8) is 0 Å². The topological polar surface area (TPSA) is 36.8 Å². The zero-order valence-corrected chi connectivity index (χ0v) is 15.5. The van der Waals surface area contributed by atoms with E-state index in [0.717, 1.165) is 49.4 Å². The van der Waals surface area contributed by atoms with Crippen molar-refractivity contribution in [2.24, 2.45) is 0 Å². The largest absolute Gasteiger partial charge is 0.358 e. The second-order valence-corrected chi connectivity index (χ2v) is 6.88. The van der Waals surface area contributed by atoms with E-state index in [1.807, 2.05) is 31.2 Å². The van der Waals surface area contributed by atoms with Crippen LogP contribution in [0.2, 0.25) is 0 Å². The lowest BCUT2D eigenvalue weighted by Gasteiger charge is -2.33. The smallest absolute Gasteiger partial charge is 0.279 e. The van der Waals surface area contributed by atoms with Gasteiger partial charge in [-0.15, -0.1) is 0 Å². The summed E-state index contributed by atoms with van der Waals surface area (Å²) in [5.41, 5.74) is 3.86. The fourth-order valence-electron chi connectivity index (χ4n) is 3.56. The minimum atomic E-state index is -0.180. The Balaban J connectivity index is 1.55. The first-order valence-electron chi connectivity index (χ1n) is 9.30. The number of amides is 1. The third-order valence-electron chi connectivity index (χ3n) is 5.08. The molecule has 3 rings (SSSR count). The van der Waals surface area contributed by atoms with Gasteiger partial charge in [0, 0.05) is 5.69 Å². The summed E-state index contributed by atoms with van der Waals surface area (Å²) in [5.74, 6) is -0.135. The average molecular weight is 356 g/mol. The molecule has 0 bridgehead atoms. The van der Waals surface area contributed by atoms with Crippen LogP contribution >= 0.6 is 0 Å². The molecule has 0 aromatic heterocycles. The number of piperazine rings is 1. The van der Waals surface area contributed by atoms with E-state index in [1.165, 1.54) is 11.0 Å². The molecule has 0 spiro atoms. The van der Waals surface area contributed by atoms with Gasteiger partial charge in [0.15, 0.2) is 6.54 Å². The van der Waals surface area contributed by atoms with Crippen molar-refractivity contribution >= 4 is 17.3 Å². The third kappa shape index (κ3) is 4.22. The number of carbonyl (C=O) groups is 1. The van der Waals surface area contributed by atoms with E-state index >= 15 is 0 Å². The highest BCUT2D eigenvalue weighted by Crippen LogP contribution is 2.21. The molecule has 2 N–H and O–H groups in total. The maximum atomic E-state index is 13.9. The van der Waals surface area contributed by atoms with Gasteiger partial charge in [-0.3, -0.25) is 4.79 Å². The van der Waals surface area contributed by atoms with Crippen LogP contribution < -0.4 is 15.1 Å². The first-order valence-corrected chi connectivity index (χ1v) is 9.30. The van der Waals surface area contributed by atoms with Crippen LogP contribution in [0.4, 0.5) is 15.8 Å². The van der Waals surface area contributed by atoms with Crippen molar-refractivity contribution in [3.05, 3.63) is 59.4 Å². The highest BCUT2D eigenvalue weighted by Gasteiger charge is 2.24. The number of anilines is 2. The van der Waals surface area contributed by atoms with Crippen molar-refractivity contribution in [1.29, 1.82) is 0 Å². The summed E-state index contributed by atoms with van der Waals surface area (Å²) < 4.78 is 13.9. The van der Waals surface area contributed by atoms with Gasteiger partial charge in [-0.25, -0.2) is 4.39 Å². The molecule has 4 nitrogen and oxygen atoms in total. The number of quaternary nitrogens is 1. The number of aryl methyl sites for hydroxylation is 2. The van der Waals surface area contributed by atoms with Crippen LogP contribution in [0.3, 0.4) is 0 Å². The van der Waals surface area contributed by atoms with Gasteiger partial charge in [0.25, 0.3) is 5.91 Å². The summed E-state index contributed by atoms with van der Waals surface area (Å²) in [7, 11) is 0. The second kappa shape index (κ2) is 8.32. The summed E-state index contributed by atoms with van der Waals surface area (Å²) in [5, 5.41) is 3.10. The molecule has 0 saturated carbocycles. The van der Waals surface area contributed by atoms with Crippen LogP contribution in [0.1, 0.15) is 18.1 Å². The second-order valence-electron chi connectivity index (χ2n) is 6.88. The maximum Gasteiger partial charge on any atom is 0.279 e. The lowest BCUT2D eigenvalue weighted by Crippen LogP contribution is -3.15. The molecule has 0 aliphatic carbocycles. The van der Waals surface area contributed by atoms with E-state index in [1.54, 1.807) is 6.07 Å². The molecule has 0 unspecified atom stereocenters. The quantitative estimate of drug-likeness (QED) is 0.860. The molecule has 1 fully saturated rings. The van der Waals surface area contributed by atoms with Crippen molar-refractivity contribution in [3.8, 4) is 0 Å². The Morgan fingerprint density at radius 2 is 1.88 bits per heavy atom. The van der Waals surface area contributed by atoms with Crippen LogP contribution in [0.5, 0.6) is 0 Å². The van der Waals surface area contributed by atoms with E-state index in [2.05, 4.69) is 23.2 Å². The summed E-state index contributed by atoms with van der Waals surface area (Å²) in [6.45, 7) is 7.74. The van der Waals surface area contributed by atoms with Crippen molar-refractivity contribution < 1.29 is 14.1 Å². The number of carbonyl (C=O) groups excluding carboxylic acids is 1. The van der Waals surface area contributed by atoms with Gasteiger partial charge in [0.05, 0.1) is 31.9 Å². The molecule has 1 saturated heterocycles. The first kappa shape index (κ1) is 18.4. The summed E-state index contributed by atoms with van der Waals surface area (Å²) >= 11 is 0. The molecule has 1 aliphatic heterocycles. The highest BCUT2D eigenvalue weighted by atomic mass is 19.1. The summed E-state index contributed by atoms with van der Waals surface area (Å²) in [6, 6.07) is 13.0. The minimum absolute atomic E-state index is 0.0448. The fourth-order valence-corrected chi connectivity index (χ4v) is 3.56. The van der Waals surface area contributed by atoms with Crippen molar-refractivity contribution in [1.82, 2.24) is 0 Å². The molecule has 2 aromatic carbocycles. The van der Waals surface area contributed by atoms with Gasteiger partial charge >= 0.3 is 0 Å². The number of para-hydroxylation sites is 2. The Hall–Kier alpha value is -2.40. The number of hydrogen-bond acceptors (Lipinski definition) is 2. The number of nitrogens with one attached hydrogen (secondary N) is 2. The molecular weight excluding hydrogens is 329 g/mol. The zero-order chi connectivity index (χ0) is 18.5. The lowest BCUT2D eigenvalue weighted by molar-refractivity contribution is -0.892. The lowest BCUT2D eigenvalue weighted by atomic mass is 10.1. The molecule has 138 valence electrons. The fraction of sp³-hybridized carbons (Fsp3) is 0.381. The van der Waals surface area contributed by atoms with Gasteiger partial charge in [-0.2, -0.15) is 0 Å². The molecule has 2 aromatic rings. The van der Waals surface area contributed by atoms with Gasteiger partial charge in [0.2, 0.25) is 0 Å². The predicted molar refractivity (Wildman–Crippen MR) is 103 cm³/mol. The number of benzene rings is 2. The predicted octanol–water partition coefficient (Wildman–Crippen LogP) is 2.04. The first-order chi connectivity index (χ1) is 12.6. The van der Waals surface area contributed by atoms with E-state index in [4.69, 9.17) is 0 Å². The van der Waals surface area contributed by atoms with Crippen molar-refractivity contribution in [2.75, 3.05) is 42.9 Å². The number of rotatable bonds is 5. The standard InChI is InChI=1S/C21H26FN3O/c1-3-17-8-6-7-16(2)21(17)23-20(26)15-24-11-13-25(14-12-24)19-10-5-4-9-18(19)22/h4-10H,3,11-15H2,1-2H3,(H,23,26)/p+1. The van der Waals surface area contributed by atoms with Crippen LogP contribution in [0.15, 0.2) is 42.5 Å². The van der Waals surface area contributed by atoms with E-state index < -0.39 is 0 Å². The van der Waals surface area contributed by atoms with Gasteiger partial charge in [-0.1, -0.05) is 37.3 Å². The minimum Gasteiger partial charge on any atom is -0.358 e. The summed E-state index contributed by atoms with van der Waals surface area (Å²) in [6.07, 6.45) is 0.894. The molecule has 1 amide bonds. The molecular formula is C21H27FN3O+. The molecule has 0 atom stereocenters. The van der Waals surface area contributed by atoms with E-state index in [9.17, 15) is 9.18 Å². The number of hydrogen-bond donors (Lipinski definition) is 2. The van der Waals surface area contributed by atoms with Gasteiger partial charge in [-0.05, 0) is 36.6 Å².